The van der Waals surface area contributed by atoms with Gasteiger partial charge in [0.15, 0.2) is 8.32 Å². The van der Waals surface area contributed by atoms with E-state index in [9.17, 15) is 10.5 Å². The number of nitrogens with zero attached hydrogens (tertiary/aromatic N) is 2. The molecule has 1 aromatic carbocycles. The van der Waals surface area contributed by atoms with Gasteiger partial charge in [0.05, 0.1) is 10.0 Å². The van der Waals surface area contributed by atoms with Gasteiger partial charge in [0.25, 0.3) is 5.60 Å². The summed E-state index contributed by atoms with van der Waals surface area (Å²) < 4.78 is 5.72. The van der Waals surface area contributed by atoms with Crippen LogP contribution in [0.2, 0.25) is 29.7 Å². The van der Waals surface area contributed by atoms with E-state index >= 15 is 0 Å². The van der Waals surface area contributed by atoms with Gasteiger partial charge in [-0.3, -0.25) is 0 Å². The van der Waals surface area contributed by atoms with Crippen LogP contribution >= 0.6 is 23.2 Å². The molecule has 0 spiro atoms. The maximum absolute atomic E-state index is 9.30. The predicted octanol–water partition coefficient (Wildman–Crippen LogP) is 4.09. The molecular formula is C12H12Cl2N2OSi. The Balaban J connectivity index is 3.33. The van der Waals surface area contributed by atoms with Gasteiger partial charge in [-0.15, -0.1) is 0 Å². The SMILES string of the molecule is C[Si](C)(C)OC(C#N)(C#N)c1ccc(Cl)c(Cl)c1. The van der Waals surface area contributed by atoms with E-state index in [1.807, 2.05) is 31.8 Å². The molecule has 0 amide bonds. The predicted molar refractivity (Wildman–Crippen MR) is 73.8 cm³/mol. The standard InChI is InChI=1S/C12H12Cl2N2OSi/c1-18(2,3)17-12(7-15,8-16)9-4-5-10(13)11(14)6-9/h4-6H,1-3H3. The van der Waals surface area contributed by atoms with Crippen molar-refractivity contribution in [2.75, 3.05) is 0 Å². The molecule has 0 fully saturated rings. The van der Waals surface area contributed by atoms with E-state index in [1.165, 1.54) is 6.07 Å². The highest BCUT2D eigenvalue weighted by Crippen LogP contribution is 2.32. The van der Waals surface area contributed by atoms with Gasteiger partial charge in [0, 0.05) is 5.56 Å². The lowest BCUT2D eigenvalue weighted by molar-refractivity contribution is 0.180. The van der Waals surface area contributed by atoms with Crippen LogP contribution < -0.4 is 0 Å². The topological polar surface area (TPSA) is 56.8 Å². The van der Waals surface area contributed by atoms with E-state index in [2.05, 4.69) is 0 Å². The Hall–Kier alpha value is -1.04. The molecule has 0 N–H and O–H groups in total. The van der Waals surface area contributed by atoms with E-state index in [1.54, 1.807) is 12.1 Å². The number of benzene rings is 1. The molecule has 18 heavy (non-hydrogen) atoms. The molecule has 0 aliphatic heterocycles. The largest absolute Gasteiger partial charge is 0.386 e. The molecule has 0 aromatic heterocycles. The number of hydrogen-bond donors (Lipinski definition) is 0. The number of halogens is 2. The average Bonchev–Trinajstić information content (AvgIpc) is 2.28. The second kappa shape index (κ2) is 5.30. The first-order valence-corrected chi connectivity index (χ1v) is 9.39. The van der Waals surface area contributed by atoms with E-state index in [0.717, 1.165) is 0 Å². The highest BCUT2D eigenvalue weighted by Gasteiger charge is 2.38. The molecule has 0 unspecified atom stereocenters. The Morgan fingerprint density at radius 1 is 1.11 bits per heavy atom. The zero-order valence-electron chi connectivity index (χ0n) is 10.3. The average molecular weight is 299 g/mol. The Morgan fingerprint density at radius 2 is 1.67 bits per heavy atom. The highest BCUT2D eigenvalue weighted by molar-refractivity contribution is 6.69. The van der Waals surface area contributed by atoms with Crippen LogP contribution in [0.25, 0.3) is 0 Å². The zero-order chi connectivity index (χ0) is 14.0. The van der Waals surface area contributed by atoms with Crippen molar-refractivity contribution in [1.82, 2.24) is 0 Å². The summed E-state index contributed by atoms with van der Waals surface area (Å²) in [5, 5.41) is 19.3. The third-order valence-corrected chi connectivity index (χ3v) is 3.76. The summed E-state index contributed by atoms with van der Waals surface area (Å²) in [6.07, 6.45) is 0. The Morgan fingerprint density at radius 3 is 2.06 bits per heavy atom. The first-order valence-electron chi connectivity index (χ1n) is 5.22. The third kappa shape index (κ3) is 3.25. The van der Waals surface area contributed by atoms with Crippen LogP contribution in [0, 0.1) is 22.7 Å². The van der Waals surface area contributed by atoms with Crippen molar-refractivity contribution < 1.29 is 4.43 Å². The zero-order valence-corrected chi connectivity index (χ0v) is 12.8. The van der Waals surface area contributed by atoms with Crippen molar-refractivity contribution in [3.63, 3.8) is 0 Å². The van der Waals surface area contributed by atoms with Gasteiger partial charge in [-0.05, 0) is 31.8 Å². The molecule has 0 aliphatic rings. The van der Waals surface area contributed by atoms with Gasteiger partial charge in [-0.1, -0.05) is 29.3 Å². The first kappa shape index (κ1) is 15.0. The van der Waals surface area contributed by atoms with Crippen LogP contribution in [-0.4, -0.2) is 8.32 Å². The highest BCUT2D eigenvalue weighted by atomic mass is 35.5. The lowest BCUT2D eigenvalue weighted by atomic mass is 9.97. The van der Waals surface area contributed by atoms with Crippen molar-refractivity contribution in [3.05, 3.63) is 33.8 Å². The molecule has 0 radical (unpaired) electrons. The molecule has 1 rings (SSSR count). The second-order valence-electron chi connectivity index (χ2n) is 4.75. The van der Waals surface area contributed by atoms with Gasteiger partial charge >= 0.3 is 0 Å². The summed E-state index contributed by atoms with van der Waals surface area (Å²) in [5.74, 6) is 0. The molecule has 0 heterocycles. The Kier molecular flexibility index (Phi) is 4.42. The van der Waals surface area contributed by atoms with Gasteiger partial charge < -0.3 is 4.43 Å². The summed E-state index contributed by atoms with van der Waals surface area (Å²) in [5.41, 5.74) is -1.22. The lowest BCUT2D eigenvalue weighted by Crippen LogP contribution is -2.38. The number of nitriles is 2. The first-order chi connectivity index (χ1) is 8.24. The quantitative estimate of drug-likeness (QED) is 0.790. The smallest absolute Gasteiger partial charge is 0.258 e. The van der Waals surface area contributed by atoms with Crippen LogP contribution in [0.4, 0.5) is 0 Å². The number of rotatable bonds is 3. The fraction of sp³-hybridized carbons (Fsp3) is 0.333. The van der Waals surface area contributed by atoms with Crippen LogP contribution in [0.15, 0.2) is 18.2 Å². The van der Waals surface area contributed by atoms with Crippen molar-refractivity contribution in [2.24, 2.45) is 0 Å². The van der Waals surface area contributed by atoms with Gasteiger partial charge in [-0.2, -0.15) is 10.5 Å². The minimum Gasteiger partial charge on any atom is -0.386 e. The van der Waals surface area contributed by atoms with E-state index < -0.39 is 13.9 Å². The summed E-state index contributed by atoms with van der Waals surface area (Å²) in [6, 6.07) is 8.50. The van der Waals surface area contributed by atoms with E-state index in [0.29, 0.717) is 15.6 Å². The molecule has 1 aromatic rings. The minimum absolute atomic E-state index is 0.295. The van der Waals surface area contributed by atoms with Gasteiger partial charge in [0.1, 0.15) is 12.1 Å². The maximum atomic E-state index is 9.30. The molecule has 0 bridgehead atoms. The van der Waals surface area contributed by atoms with E-state index in [-0.39, 0.29) is 0 Å². The van der Waals surface area contributed by atoms with Crippen LogP contribution in [-0.2, 0) is 10.0 Å². The fourth-order valence-electron chi connectivity index (χ4n) is 1.43. The maximum Gasteiger partial charge on any atom is 0.258 e. The molecule has 0 saturated carbocycles. The molecule has 0 saturated heterocycles. The summed E-state index contributed by atoms with van der Waals surface area (Å²) >= 11 is 11.7. The number of hydrogen-bond acceptors (Lipinski definition) is 3. The van der Waals surface area contributed by atoms with Crippen molar-refractivity contribution >= 4 is 31.5 Å². The van der Waals surface area contributed by atoms with Crippen molar-refractivity contribution in [2.45, 2.75) is 25.2 Å². The summed E-state index contributed by atoms with van der Waals surface area (Å²) in [7, 11) is -2.07. The molecule has 0 aliphatic carbocycles. The normalized spacial score (nSPS) is 11.7. The van der Waals surface area contributed by atoms with Crippen LogP contribution in [0.3, 0.4) is 0 Å². The van der Waals surface area contributed by atoms with E-state index in [4.69, 9.17) is 27.6 Å². The molecule has 0 atom stereocenters. The summed E-state index contributed by atoms with van der Waals surface area (Å²) in [4.78, 5) is 0. The molecule has 6 heteroatoms. The van der Waals surface area contributed by atoms with Gasteiger partial charge in [-0.25, -0.2) is 0 Å². The third-order valence-electron chi connectivity index (χ3n) is 2.10. The van der Waals surface area contributed by atoms with Crippen LogP contribution in [0.5, 0.6) is 0 Å². The minimum atomic E-state index is -2.07. The van der Waals surface area contributed by atoms with Crippen LogP contribution in [0.1, 0.15) is 5.56 Å². The molecular weight excluding hydrogens is 287 g/mol. The van der Waals surface area contributed by atoms with Crippen molar-refractivity contribution in [3.8, 4) is 12.1 Å². The second-order valence-corrected chi connectivity index (χ2v) is 9.99. The fourth-order valence-corrected chi connectivity index (χ4v) is 2.86. The Labute approximate surface area is 118 Å². The lowest BCUT2D eigenvalue weighted by Gasteiger charge is -2.28. The van der Waals surface area contributed by atoms with Crippen molar-refractivity contribution in [1.29, 1.82) is 10.5 Å². The monoisotopic (exact) mass is 298 g/mol. The molecule has 94 valence electrons. The summed E-state index contributed by atoms with van der Waals surface area (Å²) in [6.45, 7) is 5.73. The molecule has 3 nitrogen and oxygen atoms in total. The van der Waals surface area contributed by atoms with Gasteiger partial charge in [0.2, 0.25) is 0 Å². The Bertz CT molecular complexity index is 526.